The van der Waals surface area contributed by atoms with Gasteiger partial charge in [-0.1, -0.05) is 13.8 Å². The number of H-pyrrole nitrogens is 1. The first-order chi connectivity index (χ1) is 11.8. The number of carbonyl (C=O) groups excluding carboxylic acids is 1. The first-order valence-electron chi connectivity index (χ1n) is 8.95. The van der Waals surface area contributed by atoms with Crippen molar-refractivity contribution in [2.75, 3.05) is 0 Å². The van der Waals surface area contributed by atoms with E-state index in [9.17, 15) is 9.90 Å². The van der Waals surface area contributed by atoms with Crippen molar-refractivity contribution in [1.82, 2.24) is 10.3 Å². The molecule has 1 aromatic heterocycles. The monoisotopic (exact) mass is 344 g/mol. The summed E-state index contributed by atoms with van der Waals surface area (Å²) in [5.41, 5.74) is 5.98. The Hall–Kier alpha value is -2.08. The van der Waals surface area contributed by atoms with Crippen LogP contribution in [0.5, 0.6) is 0 Å². The molecule has 6 heteroatoms. The van der Waals surface area contributed by atoms with Crippen molar-refractivity contribution >= 4 is 17.8 Å². The maximum absolute atomic E-state index is 11.9. The summed E-state index contributed by atoms with van der Waals surface area (Å²) >= 11 is 0. The van der Waals surface area contributed by atoms with E-state index in [0.29, 0.717) is 24.0 Å². The van der Waals surface area contributed by atoms with Crippen LogP contribution in [0.15, 0.2) is 23.9 Å². The molecule has 3 rings (SSSR count). The summed E-state index contributed by atoms with van der Waals surface area (Å²) in [5, 5.41) is 22.3. The van der Waals surface area contributed by atoms with Crippen LogP contribution in [0.1, 0.15) is 51.6 Å². The van der Waals surface area contributed by atoms with Crippen LogP contribution in [-0.4, -0.2) is 33.4 Å². The summed E-state index contributed by atoms with van der Waals surface area (Å²) < 4.78 is 0. The van der Waals surface area contributed by atoms with E-state index in [1.807, 2.05) is 12.1 Å². The Morgan fingerprint density at radius 3 is 2.48 bits per heavy atom. The van der Waals surface area contributed by atoms with Crippen LogP contribution in [0, 0.1) is 17.2 Å². The Balaban J connectivity index is 2.04. The lowest BCUT2D eigenvalue weighted by Crippen LogP contribution is -2.60. The molecule has 6 N–H and O–H groups in total. The number of amides is 1. The summed E-state index contributed by atoms with van der Waals surface area (Å²) in [4.78, 5) is 15.0. The lowest BCUT2D eigenvalue weighted by molar-refractivity contribution is -0.114. The Kier molecular flexibility index (Phi) is 4.49. The molecule has 2 aliphatic rings. The fourth-order valence-electron chi connectivity index (χ4n) is 5.30. The van der Waals surface area contributed by atoms with Crippen molar-refractivity contribution in [3.05, 3.63) is 29.6 Å². The van der Waals surface area contributed by atoms with Crippen LogP contribution in [0.2, 0.25) is 0 Å². The second kappa shape index (κ2) is 6.33. The molecule has 0 spiro atoms. The second-order valence-electron chi connectivity index (χ2n) is 8.21. The van der Waals surface area contributed by atoms with Crippen LogP contribution in [0.3, 0.4) is 0 Å². The molecular formula is C19H28N4O2. The third kappa shape index (κ3) is 3.49. The lowest BCUT2D eigenvalue weighted by Gasteiger charge is -2.55. The number of aliphatic hydroxyl groups is 1. The number of aromatic amines is 1. The number of hydrogen-bond acceptors (Lipinski definition) is 4. The molecule has 2 aliphatic carbocycles. The van der Waals surface area contributed by atoms with Crippen LogP contribution < -0.4 is 11.1 Å². The SMILES string of the molecule is C[C@@H]1CC2(O)C[C@H](C)C[C@@](N/C(=C(/C=N)C(N)=O)c3ccc[nH]3)(C1)C2. The third-order valence-electron chi connectivity index (χ3n) is 5.54. The molecule has 25 heavy (non-hydrogen) atoms. The summed E-state index contributed by atoms with van der Waals surface area (Å²) in [7, 11) is 0. The molecule has 4 atom stereocenters. The number of hydrogen-bond donors (Lipinski definition) is 5. The van der Waals surface area contributed by atoms with Gasteiger partial charge in [0.1, 0.15) is 0 Å². The molecule has 2 fully saturated rings. The predicted octanol–water partition coefficient (Wildman–Crippen LogP) is 2.17. The smallest absolute Gasteiger partial charge is 0.252 e. The number of nitrogens with two attached hydrogens (primary N) is 1. The Morgan fingerprint density at radius 2 is 2.00 bits per heavy atom. The van der Waals surface area contributed by atoms with E-state index in [0.717, 1.165) is 37.6 Å². The molecule has 2 saturated carbocycles. The Morgan fingerprint density at radius 1 is 1.36 bits per heavy atom. The zero-order valence-electron chi connectivity index (χ0n) is 14.9. The molecule has 136 valence electrons. The van der Waals surface area contributed by atoms with Gasteiger partial charge in [0.25, 0.3) is 5.91 Å². The highest BCUT2D eigenvalue weighted by molar-refractivity contribution is 6.16. The van der Waals surface area contributed by atoms with Gasteiger partial charge in [-0.15, -0.1) is 0 Å². The lowest BCUT2D eigenvalue weighted by atomic mass is 9.58. The highest BCUT2D eigenvalue weighted by atomic mass is 16.3. The average Bonchev–Trinajstić information content (AvgIpc) is 2.97. The molecule has 1 aromatic rings. The van der Waals surface area contributed by atoms with Crippen LogP contribution in [0.25, 0.3) is 5.70 Å². The highest BCUT2D eigenvalue weighted by Gasteiger charge is 2.51. The van der Waals surface area contributed by atoms with E-state index >= 15 is 0 Å². The van der Waals surface area contributed by atoms with E-state index in [1.165, 1.54) is 0 Å². The van der Waals surface area contributed by atoms with Gasteiger partial charge in [0.2, 0.25) is 0 Å². The van der Waals surface area contributed by atoms with Gasteiger partial charge in [0.15, 0.2) is 0 Å². The van der Waals surface area contributed by atoms with E-state index in [2.05, 4.69) is 24.1 Å². The number of fused-ring (bicyclic) bond motifs is 2. The Labute approximate surface area is 148 Å². The molecule has 1 heterocycles. The van der Waals surface area contributed by atoms with Gasteiger partial charge in [-0.2, -0.15) is 0 Å². The molecule has 0 aliphatic heterocycles. The zero-order chi connectivity index (χ0) is 18.2. The first kappa shape index (κ1) is 17.7. The topological polar surface area (TPSA) is 115 Å². The van der Waals surface area contributed by atoms with Gasteiger partial charge in [-0.3, -0.25) is 4.79 Å². The van der Waals surface area contributed by atoms with Gasteiger partial charge in [0, 0.05) is 18.0 Å². The minimum Gasteiger partial charge on any atom is -0.390 e. The van der Waals surface area contributed by atoms with E-state index in [4.69, 9.17) is 11.1 Å². The molecule has 0 aromatic carbocycles. The molecule has 0 saturated heterocycles. The number of carbonyl (C=O) groups is 1. The van der Waals surface area contributed by atoms with Gasteiger partial charge < -0.3 is 26.6 Å². The minimum atomic E-state index is -0.666. The van der Waals surface area contributed by atoms with Crippen LogP contribution in [-0.2, 0) is 4.79 Å². The standard InChI is InChI=1S/C19H28N4O2/c1-12-6-18(7-13(2)9-19(25,8-12)11-18)23-16(14(10-20)17(21)24)15-4-3-5-22-15/h3-5,10,12-13,20,22-23,25H,6-9,11H2,1-2H3,(H2,21,24)/b16-14-,20-10?/t12-,13+,18-,19?. The van der Waals surface area contributed by atoms with Crippen molar-refractivity contribution in [1.29, 1.82) is 5.41 Å². The largest absolute Gasteiger partial charge is 0.390 e. The second-order valence-corrected chi connectivity index (χ2v) is 8.21. The van der Waals surface area contributed by atoms with Crippen LogP contribution in [0.4, 0.5) is 0 Å². The molecule has 6 nitrogen and oxygen atoms in total. The van der Waals surface area contributed by atoms with E-state index in [-0.39, 0.29) is 11.1 Å². The number of nitrogens with one attached hydrogen (secondary N) is 3. The Bertz CT molecular complexity index is 678. The minimum absolute atomic E-state index is 0.150. The van der Waals surface area contributed by atoms with Crippen molar-refractivity contribution in [3.8, 4) is 0 Å². The van der Waals surface area contributed by atoms with E-state index in [1.54, 1.807) is 6.20 Å². The molecule has 0 radical (unpaired) electrons. The average molecular weight is 344 g/mol. The van der Waals surface area contributed by atoms with Crippen molar-refractivity contribution in [3.63, 3.8) is 0 Å². The highest BCUT2D eigenvalue weighted by Crippen LogP contribution is 2.50. The number of aromatic nitrogens is 1. The van der Waals surface area contributed by atoms with Gasteiger partial charge in [0.05, 0.1) is 22.6 Å². The van der Waals surface area contributed by atoms with E-state index < -0.39 is 11.5 Å². The quantitative estimate of drug-likeness (QED) is 0.416. The number of rotatable bonds is 5. The summed E-state index contributed by atoms with van der Waals surface area (Å²) in [6.45, 7) is 4.33. The fourth-order valence-corrected chi connectivity index (χ4v) is 5.30. The normalized spacial score (nSPS) is 35.6. The van der Waals surface area contributed by atoms with Crippen molar-refractivity contribution in [2.45, 2.75) is 57.1 Å². The molecule has 1 unspecified atom stereocenters. The zero-order valence-corrected chi connectivity index (χ0v) is 14.9. The maximum atomic E-state index is 11.9. The first-order valence-corrected chi connectivity index (χ1v) is 8.95. The van der Waals surface area contributed by atoms with Crippen LogP contribution >= 0.6 is 0 Å². The summed E-state index contributed by atoms with van der Waals surface area (Å²) in [6.07, 6.45) is 6.92. The van der Waals surface area contributed by atoms with Gasteiger partial charge in [-0.05, 0) is 56.1 Å². The maximum Gasteiger partial charge on any atom is 0.252 e. The van der Waals surface area contributed by atoms with Crippen molar-refractivity contribution < 1.29 is 9.90 Å². The fraction of sp³-hybridized carbons (Fsp3) is 0.579. The van der Waals surface area contributed by atoms with Gasteiger partial charge in [-0.25, -0.2) is 0 Å². The summed E-state index contributed by atoms with van der Waals surface area (Å²) in [5.74, 6) is 0.146. The van der Waals surface area contributed by atoms with Gasteiger partial charge >= 0.3 is 0 Å². The molecular weight excluding hydrogens is 316 g/mol. The van der Waals surface area contributed by atoms with Crippen molar-refractivity contribution in [2.24, 2.45) is 17.6 Å². The summed E-state index contributed by atoms with van der Waals surface area (Å²) in [6, 6.07) is 3.71. The predicted molar refractivity (Wildman–Crippen MR) is 97.9 cm³/mol. The third-order valence-corrected chi connectivity index (χ3v) is 5.54. The molecule has 2 bridgehead atoms. The number of primary amides is 1. The molecule has 1 amide bonds.